The summed E-state index contributed by atoms with van der Waals surface area (Å²) in [7, 11) is 0. The standard InChI is InChI=1S/C15H12BrF/c16-12-8-6-11(7-9-12)14-13(15(14)17)10-4-2-1-3-5-10/h1-9,13-15H/t13-,14-,15+/m1/s1. The minimum Gasteiger partial charge on any atom is -0.246 e. The molecular weight excluding hydrogens is 279 g/mol. The van der Waals surface area contributed by atoms with Crippen molar-refractivity contribution in [1.29, 1.82) is 0 Å². The normalized spacial score (nSPS) is 26.8. The summed E-state index contributed by atoms with van der Waals surface area (Å²) in [5.74, 6) is 0.0721. The lowest BCUT2D eigenvalue weighted by Crippen LogP contribution is -1.83. The van der Waals surface area contributed by atoms with Crippen molar-refractivity contribution in [3.8, 4) is 0 Å². The molecule has 0 aliphatic heterocycles. The van der Waals surface area contributed by atoms with Crippen molar-refractivity contribution in [3.05, 3.63) is 70.2 Å². The first kappa shape index (κ1) is 11.0. The quantitative estimate of drug-likeness (QED) is 0.754. The predicted molar refractivity (Wildman–Crippen MR) is 71.0 cm³/mol. The lowest BCUT2D eigenvalue weighted by atomic mass is 10.0. The highest BCUT2D eigenvalue weighted by Gasteiger charge is 2.52. The second-order valence-electron chi connectivity index (χ2n) is 4.46. The van der Waals surface area contributed by atoms with Crippen LogP contribution in [0.5, 0.6) is 0 Å². The molecule has 1 aliphatic carbocycles. The van der Waals surface area contributed by atoms with Crippen LogP contribution >= 0.6 is 15.9 Å². The Morgan fingerprint density at radius 1 is 0.765 bits per heavy atom. The largest absolute Gasteiger partial charge is 0.246 e. The van der Waals surface area contributed by atoms with Crippen LogP contribution in [0.15, 0.2) is 59.1 Å². The molecule has 17 heavy (non-hydrogen) atoms. The van der Waals surface area contributed by atoms with E-state index in [2.05, 4.69) is 15.9 Å². The molecule has 0 radical (unpaired) electrons. The molecule has 1 saturated carbocycles. The van der Waals surface area contributed by atoms with Crippen LogP contribution in [-0.4, -0.2) is 6.17 Å². The van der Waals surface area contributed by atoms with Gasteiger partial charge >= 0.3 is 0 Å². The van der Waals surface area contributed by atoms with Gasteiger partial charge in [0.05, 0.1) is 0 Å². The van der Waals surface area contributed by atoms with Gasteiger partial charge in [-0.05, 0) is 23.3 Å². The van der Waals surface area contributed by atoms with Crippen molar-refractivity contribution in [2.75, 3.05) is 0 Å². The van der Waals surface area contributed by atoms with Gasteiger partial charge in [-0.3, -0.25) is 0 Å². The van der Waals surface area contributed by atoms with Gasteiger partial charge < -0.3 is 0 Å². The van der Waals surface area contributed by atoms with Crippen molar-refractivity contribution in [1.82, 2.24) is 0 Å². The third-order valence-corrected chi connectivity index (χ3v) is 3.90. The molecule has 2 aromatic rings. The Morgan fingerprint density at radius 3 is 1.88 bits per heavy atom. The van der Waals surface area contributed by atoms with E-state index in [1.165, 1.54) is 0 Å². The maximum Gasteiger partial charge on any atom is 0.115 e. The SMILES string of the molecule is F[C@H]1[C@H](c2ccccc2)[C@H]1c1ccc(Br)cc1. The van der Waals surface area contributed by atoms with E-state index in [0.717, 1.165) is 15.6 Å². The van der Waals surface area contributed by atoms with Gasteiger partial charge in [-0.25, -0.2) is 4.39 Å². The summed E-state index contributed by atoms with van der Waals surface area (Å²) in [6.45, 7) is 0. The maximum absolute atomic E-state index is 13.9. The summed E-state index contributed by atoms with van der Waals surface area (Å²) < 4.78 is 14.9. The average molecular weight is 291 g/mol. The molecule has 3 atom stereocenters. The second-order valence-corrected chi connectivity index (χ2v) is 5.37. The van der Waals surface area contributed by atoms with Gasteiger partial charge in [0.25, 0.3) is 0 Å². The van der Waals surface area contributed by atoms with Gasteiger partial charge in [-0.2, -0.15) is 0 Å². The highest BCUT2D eigenvalue weighted by atomic mass is 79.9. The molecule has 0 nitrogen and oxygen atoms in total. The molecule has 0 spiro atoms. The van der Waals surface area contributed by atoms with Gasteiger partial charge in [0.15, 0.2) is 0 Å². The number of alkyl halides is 1. The van der Waals surface area contributed by atoms with Crippen LogP contribution in [0.1, 0.15) is 23.0 Å². The van der Waals surface area contributed by atoms with Crippen LogP contribution in [0.25, 0.3) is 0 Å². The summed E-state index contributed by atoms with van der Waals surface area (Å²) in [6.07, 6.45) is -0.737. The fourth-order valence-corrected chi connectivity index (χ4v) is 2.68. The third-order valence-electron chi connectivity index (χ3n) is 3.37. The van der Waals surface area contributed by atoms with Crippen LogP contribution in [0, 0.1) is 0 Å². The summed E-state index contributed by atoms with van der Waals surface area (Å²) in [5, 5.41) is 0. The predicted octanol–water partition coefficient (Wildman–Crippen LogP) is 4.67. The fraction of sp³-hybridized carbons (Fsp3) is 0.200. The first-order chi connectivity index (χ1) is 8.27. The molecule has 0 aromatic heterocycles. The number of hydrogen-bond donors (Lipinski definition) is 0. The molecule has 0 heterocycles. The Labute approximate surface area is 109 Å². The van der Waals surface area contributed by atoms with E-state index in [1.807, 2.05) is 54.6 Å². The van der Waals surface area contributed by atoms with Gasteiger partial charge in [-0.15, -0.1) is 0 Å². The highest BCUT2D eigenvalue weighted by molar-refractivity contribution is 9.10. The molecule has 0 bridgehead atoms. The molecule has 2 aromatic carbocycles. The van der Waals surface area contributed by atoms with Crippen LogP contribution in [-0.2, 0) is 0 Å². The Hall–Kier alpha value is -1.15. The van der Waals surface area contributed by atoms with Crippen LogP contribution < -0.4 is 0 Å². The van der Waals surface area contributed by atoms with E-state index >= 15 is 0 Å². The molecule has 0 amide bonds. The monoisotopic (exact) mass is 290 g/mol. The zero-order valence-electron chi connectivity index (χ0n) is 9.18. The van der Waals surface area contributed by atoms with E-state index in [-0.39, 0.29) is 11.8 Å². The average Bonchev–Trinajstić information content (AvgIpc) is 3.03. The van der Waals surface area contributed by atoms with Crippen molar-refractivity contribution in [2.24, 2.45) is 0 Å². The molecular formula is C15H12BrF. The lowest BCUT2D eigenvalue weighted by molar-refractivity contribution is 0.459. The molecule has 2 heteroatoms. The number of benzene rings is 2. The van der Waals surface area contributed by atoms with Crippen molar-refractivity contribution in [2.45, 2.75) is 18.0 Å². The summed E-state index contributed by atoms with van der Waals surface area (Å²) in [5.41, 5.74) is 2.20. The Bertz CT molecular complexity index is 506. The molecule has 1 fully saturated rings. The van der Waals surface area contributed by atoms with E-state index in [4.69, 9.17) is 0 Å². The number of halogens is 2. The van der Waals surface area contributed by atoms with Gasteiger partial charge in [0.2, 0.25) is 0 Å². The van der Waals surface area contributed by atoms with E-state index in [0.29, 0.717) is 0 Å². The molecule has 86 valence electrons. The summed E-state index contributed by atoms with van der Waals surface area (Å²) in [4.78, 5) is 0. The van der Waals surface area contributed by atoms with Crippen LogP contribution in [0.4, 0.5) is 4.39 Å². The Balaban J connectivity index is 1.86. The molecule has 0 N–H and O–H groups in total. The number of rotatable bonds is 2. The minimum absolute atomic E-state index is 0.0329. The Kier molecular flexibility index (Phi) is 2.75. The lowest BCUT2D eigenvalue weighted by Gasteiger charge is -2.00. The first-order valence-electron chi connectivity index (χ1n) is 5.72. The van der Waals surface area contributed by atoms with E-state index < -0.39 is 6.17 Å². The Morgan fingerprint density at radius 2 is 1.29 bits per heavy atom. The van der Waals surface area contributed by atoms with E-state index in [1.54, 1.807) is 0 Å². The van der Waals surface area contributed by atoms with Crippen molar-refractivity contribution < 1.29 is 4.39 Å². The molecule has 0 saturated heterocycles. The minimum atomic E-state index is -0.737. The van der Waals surface area contributed by atoms with Gasteiger partial charge in [0, 0.05) is 16.3 Å². The zero-order chi connectivity index (χ0) is 11.8. The van der Waals surface area contributed by atoms with Crippen LogP contribution in [0.3, 0.4) is 0 Å². The van der Waals surface area contributed by atoms with Crippen LogP contribution in [0.2, 0.25) is 0 Å². The molecule has 3 rings (SSSR count). The van der Waals surface area contributed by atoms with Gasteiger partial charge in [0.1, 0.15) is 6.17 Å². The first-order valence-corrected chi connectivity index (χ1v) is 6.51. The second kappa shape index (κ2) is 4.26. The smallest absolute Gasteiger partial charge is 0.115 e. The van der Waals surface area contributed by atoms with Crippen molar-refractivity contribution >= 4 is 15.9 Å². The molecule has 1 aliphatic rings. The maximum atomic E-state index is 13.9. The highest BCUT2D eigenvalue weighted by Crippen LogP contribution is 2.56. The van der Waals surface area contributed by atoms with E-state index in [9.17, 15) is 4.39 Å². The zero-order valence-corrected chi connectivity index (χ0v) is 10.8. The van der Waals surface area contributed by atoms with Gasteiger partial charge in [-0.1, -0.05) is 58.4 Å². The fourth-order valence-electron chi connectivity index (χ4n) is 2.42. The third kappa shape index (κ3) is 2.02. The summed E-state index contributed by atoms with van der Waals surface area (Å²) >= 11 is 3.40. The summed E-state index contributed by atoms with van der Waals surface area (Å²) in [6, 6.07) is 17.9. The molecule has 0 unspecified atom stereocenters. The topological polar surface area (TPSA) is 0 Å². The van der Waals surface area contributed by atoms with Crippen molar-refractivity contribution in [3.63, 3.8) is 0 Å². The number of hydrogen-bond acceptors (Lipinski definition) is 0.